The Labute approximate surface area is 132 Å². The minimum absolute atomic E-state index is 0. The summed E-state index contributed by atoms with van der Waals surface area (Å²) in [6, 6.07) is 10.1. The van der Waals surface area contributed by atoms with E-state index in [-0.39, 0.29) is 36.8 Å². The third-order valence-electron chi connectivity index (χ3n) is 3.98. The molecule has 1 aliphatic heterocycles. The smallest absolute Gasteiger partial charge is 0.223 e. The number of aliphatic hydroxyl groups is 1. The van der Waals surface area contributed by atoms with E-state index in [1.54, 1.807) is 0 Å². The van der Waals surface area contributed by atoms with Crippen LogP contribution in [0.25, 0.3) is 0 Å². The summed E-state index contributed by atoms with van der Waals surface area (Å²) in [6.07, 6.45) is 2.51. The average Bonchev–Trinajstić information content (AvgIpc) is 2.53. The molecule has 1 heterocycles. The summed E-state index contributed by atoms with van der Waals surface area (Å²) in [5.74, 6) is 0.485. The lowest BCUT2D eigenvalue weighted by molar-refractivity contribution is -0.125. The number of amides is 1. The predicted octanol–water partition coefficient (Wildman–Crippen LogP) is 1.69. The van der Waals surface area contributed by atoms with Crippen molar-refractivity contribution in [3.63, 3.8) is 0 Å². The summed E-state index contributed by atoms with van der Waals surface area (Å²) >= 11 is 0. The van der Waals surface area contributed by atoms with Gasteiger partial charge >= 0.3 is 0 Å². The first-order chi connectivity index (χ1) is 9.81. The molecule has 0 aromatic heterocycles. The summed E-state index contributed by atoms with van der Waals surface area (Å²) in [7, 11) is 0. The molecular weight excluding hydrogens is 288 g/mol. The van der Waals surface area contributed by atoms with Crippen LogP contribution in [0, 0.1) is 5.92 Å². The number of halogens is 1. The maximum absolute atomic E-state index is 12.1. The molecule has 1 fully saturated rings. The number of hydrogen-bond donors (Lipinski definition) is 3. The van der Waals surface area contributed by atoms with Gasteiger partial charge in [-0.05, 0) is 37.9 Å². The second-order valence-corrected chi connectivity index (χ2v) is 5.39. The Hall–Kier alpha value is -1.10. The average molecular weight is 313 g/mol. The zero-order valence-corrected chi connectivity index (χ0v) is 13.1. The molecule has 1 aromatic rings. The SMILES string of the molecule is Cl.O=C(NCC(CCO)c1ccccc1)C1CCNCC1. The van der Waals surface area contributed by atoms with Gasteiger partial charge in [-0.2, -0.15) is 0 Å². The monoisotopic (exact) mass is 312 g/mol. The van der Waals surface area contributed by atoms with Gasteiger partial charge in [0.2, 0.25) is 5.91 Å². The van der Waals surface area contributed by atoms with Crippen molar-refractivity contribution in [3.8, 4) is 0 Å². The van der Waals surface area contributed by atoms with E-state index in [1.165, 1.54) is 5.56 Å². The number of hydrogen-bond acceptors (Lipinski definition) is 3. The van der Waals surface area contributed by atoms with Crippen molar-refractivity contribution in [1.82, 2.24) is 10.6 Å². The summed E-state index contributed by atoms with van der Waals surface area (Å²) in [6.45, 7) is 2.60. The third-order valence-corrected chi connectivity index (χ3v) is 3.98. The van der Waals surface area contributed by atoms with E-state index in [1.807, 2.05) is 18.2 Å². The van der Waals surface area contributed by atoms with E-state index >= 15 is 0 Å². The highest BCUT2D eigenvalue weighted by atomic mass is 35.5. The molecule has 3 N–H and O–H groups in total. The molecule has 4 nitrogen and oxygen atoms in total. The molecule has 2 rings (SSSR count). The second kappa shape index (κ2) is 9.77. The van der Waals surface area contributed by atoms with Crippen LogP contribution in [0.15, 0.2) is 30.3 Å². The first-order valence-corrected chi connectivity index (χ1v) is 7.45. The number of rotatable bonds is 6. The predicted molar refractivity (Wildman–Crippen MR) is 86.7 cm³/mol. The number of benzene rings is 1. The zero-order chi connectivity index (χ0) is 14.2. The van der Waals surface area contributed by atoms with Crippen LogP contribution in [0.2, 0.25) is 0 Å². The quantitative estimate of drug-likeness (QED) is 0.749. The van der Waals surface area contributed by atoms with Crippen LogP contribution in [-0.2, 0) is 4.79 Å². The van der Waals surface area contributed by atoms with Gasteiger partial charge in [0.25, 0.3) is 0 Å². The van der Waals surface area contributed by atoms with Crippen LogP contribution in [0.1, 0.15) is 30.7 Å². The maximum Gasteiger partial charge on any atom is 0.223 e. The van der Waals surface area contributed by atoms with Crippen LogP contribution in [0.5, 0.6) is 0 Å². The molecule has 1 aliphatic rings. The number of nitrogens with one attached hydrogen (secondary N) is 2. The van der Waals surface area contributed by atoms with Crippen LogP contribution in [0.4, 0.5) is 0 Å². The first-order valence-electron chi connectivity index (χ1n) is 7.45. The van der Waals surface area contributed by atoms with Gasteiger partial charge in [-0.1, -0.05) is 30.3 Å². The van der Waals surface area contributed by atoms with Crippen LogP contribution in [-0.4, -0.2) is 37.3 Å². The van der Waals surface area contributed by atoms with Crippen LogP contribution in [0.3, 0.4) is 0 Å². The van der Waals surface area contributed by atoms with Gasteiger partial charge in [0.05, 0.1) is 0 Å². The first kappa shape index (κ1) is 18.0. The highest BCUT2D eigenvalue weighted by Crippen LogP contribution is 2.19. The molecule has 0 saturated carbocycles. The summed E-state index contributed by atoms with van der Waals surface area (Å²) in [5, 5.41) is 15.5. The Kier molecular flexibility index (Phi) is 8.35. The van der Waals surface area contributed by atoms with Crippen molar-refractivity contribution in [2.24, 2.45) is 5.92 Å². The van der Waals surface area contributed by atoms with E-state index in [0.717, 1.165) is 25.9 Å². The molecule has 0 radical (unpaired) electrons. The number of carbonyl (C=O) groups is 1. The lowest BCUT2D eigenvalue weighted by Crippen LogP contribution is -2.39. The van der Waals surface area contributed by atoms with Crippen LogP contribution >= 0.6 is 12.4 Å². The standard InChI is InChI=1S/C16H24N2O2.ClH/c19-11-8-15(13-4-2-1-3-5-13)12-18-16(20)14-6-9-17-10-7-14;/h1-5,14-15,17,19H,6-12H2,(H,18,20);1H. The van der Waals surface area contributed by atoms with Gasteiger partial charge in [-0.25, -0.2) is 0 Å². The summed E-state index contributed by atoms with van der Waals surface area (Å²) < 4.78 is 0. The Morgan fingerprint density at radius 3 is 2.57 bits per heavy atom. The largest absolute Gasteiger partial charge is 0.396 e. The van der Waals surface area contributed by atoms with Gasteiger partial charge in [-0.3, -0.25) is 4.79 Å². The van der Waals surface area contributed by atoms with E-state index in [9.17, 15) is 9.90 Å². The van der Waals surface area contributed by atoms with E-state index < -0.39 is 0 Å². The molecule has 1 unspecified atom stereocenters. The molecule has 0 bridgehead atoms. The molecule has 5 heteroatoms. The van der Waals surface area contributed by atoms with Gasteiger partial charge in [0.1, 0.15) is 0 Å². The van der Waals surface area contributed by atoms with Gasteiger partial charge in [0, 0.05) is 25.0 Å². The highest BCUT2D eigenvalue weighted by Gasteiger charge is 2.21. The number of carbonyl (C=O) groups excluding carboxylic acids is 1. The third kappa shape index (κ3) is 5.65. The molecule has 1 aromatic carbocycles. The Balaban J connectivity index is 0.00000220. The van der Waals surface area contributed by atoms with E-state index in [2.05, 4.69) is 22.8 Å². The zero-order valence-electron chi connectivity index (χ0n) is 12.3. The fraction of sp³-hybridized carbons (Fsp3) is 0.562. The highest BCUT2D eigenvalue weighted by molar-refractivity contribution is 5.85. The molecule has 0 aliphatic carbocycles. The van der Waals surface area contributed by atoms with Gasteiger partial charge < -0.3 is 15.7 Å². The number of piperidine rings is 1. The fourth-order valence-corrected chi connectivity index (χ4v) is 2.72. The molecular formula is C16H25ClN2O2. The lowest BCUT2D eigenvalue weighted by atomic mass is 9.94. The molecule has 1 saturated heterocycles. The second-order valence-electron chi connectivity index (χ2n) is 5.39. The van der Waals surface area contributed by atoms with E-state index in [0.29, 0.717) is 13.0 Å². The number of aliphatic hydroxyl groups excluding tert-OH is 1. The minimum atomic E-state index is 0. The molecule has 1 atom stereocenters. The van der Waals surface area contributed by atoms with Crippen molar-refractivity contribution in [3.05, 3.63) is 35.9 Å². The molecule has 0 spiro atoms. The van der Waals surface area contributed by atoms with Crippen molar-refractivity contribution < 1.29 is 9.90 Å². The van der Waals surface area contributed by atoms with Gasteiger partial charge in [-0.15, -0.1) is 12.4 Å². The van der Waals surface area contributed by atoms with Crippen molar-refractivity contribution in [2.45, 2.75) is 25.2 Å². The topological polar surface area (TPSA) is 61.4 Å². The maximum atomic E-state index is 12.1. The fourth-order valence-electron chi connectivity index (χ4n) is 2.72. The van der Waals surface area contributed by atoms with E-state index in [4.69, 9.17) is 0 Å². The van der Waals surface area contributed by atoms with Crippen molar-refractivity contribution in [2.75, 3.05) is 26.2 Å². The summed E-state index contributed by atoms with van der Waals surface area (Å²) in [5.41, 5.74) is 1.17. The Morgan fingerprint density at radius 1 is 1.29 bits per heavy atom. The lowest BCUT2D eigenvalue weighted by Gasteiger charge is -2.23. The normalized spacial score (nSPS) is 16.8. The molecule has 118 valence electrons. The Morgan fingerprint density at radius 2 is 1.95 bits per heavy atom. The van der Waals surface area contributed by atoms with Crippen molar-refractivity contribution >= 4 is 18.3 Å². The van der Waals surface area contributed by atoms with Gasteiger partial charge in [0.15, 0.2) is 0 Å². The minimum Gasteiger partial charge on any atom is -0.396 e. The molecule has 21 heavy (non-hydrogen) atoms. The van der Waals surface area contributed by atoms with Crippen LogP contribution < -0.4 is 10.6 Å². The Bertz CT molecular complexity index is 408. The van der Waals surface area contributed by atoms with Crippen molar-refractivity contribution in [1.29, 1.82) is 0 Å². The summed E-state index contributed by atoms with van der Waals surface area (Å²) in [4.78, 5) is 12.1. The molecule has 1 amide bonds.